The lowest BCUT2D eigenvalue weighted by atomic mass is 9.76. The second-order valence-electron chi connectivity index (χ2n) is 17.3. The van der Waals surface area contributed by atoms with Crippen LogP contribution < -0.4 is 10.9 Å². The molecule has 2 aliphatic heterocycles. The van der Waals surface area contributed by atoms with Crippen LogP contribution in [-0.2, 0) is 18.6 Å². The number of aromatic hydroxyl groups is 2. The van der Waals surface area contributed by atoms with Crippen LogP contribution in [0.3, 0.4) is 0 Å². The van der Waals surface area contributed by atoms with Gasteiger partial charge in [0.05, 0.1) is 49.5 Å². The van der Waals surface area contributed by atoms with Gasteiger partial charge in [-0.05, 0) is 151 Å². The SMILES string of the molecule is C.C.C.C.CC1(C)OB(c2cc(Cl)c3cccnc3c2)OC1(C)C.CC1(C)OB(c2cc(Cl)cc3ncccc23)OC1(C)C.Oc1cc(Cl)c2cccnc2c1.Oc1cc(Cl)cc2ncccc12. The summed E-state index contributed by atoms with van der Waals surface area (Å²) in [7, 11) is -0.839. The second kappa shape index (κ2) is 22.8. The molecule has 0 bridgehead atoms. The van der Waals surface area contributed by atoms with Crippen LogP contribution in [0.15, 0.2) is 122 Å². The Labute approximate surface area is 422 Å². The Morgan fingerprint density at radius 1 is 0.426 bits per heavy atom. The number of pyridine rings is 4. The van der Waals surface area contributed by atoms with E-state index in [-0.39, 0.29) is 63.6 Å². The summed E-state index contributed by atoms with van der Waals surface area (Å²) in [6.07, 6.45) is 6.84. The number of phenolic OH excluding ortho intramolecular Hbond substituents is 2. The Hall–Kier alpha value is -4.75. The van der Waals surface area contributed by atoms with Crippen LogP contribution in [0.1, 0.15) is 85.1 Å². The number of nitrogens with zero attached hydrogens (tertiary/aromatic N) is 4. The topological polar surface area (TPSA) is 129 Å². The molecule has 0 radical (unpaired) electrons. The number of rotatable bonds is 2. The lowest BCUT2D eigenvalue weighted by molar-refractivity contribution is 0.00578. The van der Waals surface area contributed by atoms with Crippen molar-refractivity contribution in [1.82, 2.24) is 19.9 Å². The maximum atomic E-state index is 9.43. The molecule has 2 fully saturated rings. The number of benzene rings is 4. The summed E-state index contributed by atoms with van der Waals surface area (Å²) < 4.78 is 24.3. The number of aromatic nitrogens is 4. The van der Waals surface area contributed by atoms with E-state index in [2.05, 4.69) is 19.9 Å². The van der Waals surface area contributed by atoms with Crippen molar-refractivity contribution in [3.8, 4) is 11.5 Å². The highest BCUT2D eigenvalue weighted by molar-refractivity contribution is 6.65. The van der Waals surface area contributed by atoms with Gasteiger partial charge >= 0.3 is 14.2 Å². The maximum Gasteiger partial charge on any atom is 0.495 e. The van der Waals surface area contributed by atoms with Gasteiger partial charge in [0.15, 0.2) is 0 Å². The van der Waals surface area contributed by atoms with Crippen LogP contribution in [-0.4, -0.2) is 66.8 Å². The Morgan fingerprint density at radius 2 is 0.794 bits per heavy atom. The van der Waals surface area contributed by atoms with E-state index in [0.717, 1.165) is 43.5 Å². The van der Waals surface area contributed by atoms with E-state index >= 15 is 0 Å². The molecule has 0 unspecified atom stereocenters. The largest absolute Gasteiger partial charge is 0.508 e. The van der Waals surface area contributed by atoms with Gasteiger partial charge in [-0.25, -0.2) is 0 Å². The van der Waals surface area contributed by atoms with Crippen molar-refractivity contribution in [2.24, 2.45) is 0 Å². The quantitative estimate of drug-likeness (QED) is 0.162. The van der Waals surface area contributed by atoms with Crippen molar-refractivity contribution in [2.45, 2.75) is 108 Å². The minimum absolute atomic E-state index is 0. The lowest BCUT2D eigenvalue weighted by Gasteiger charge is -2.32. The number of hydrogen-bond acceptors (Lipinski definition) is 10. The van der Waals surface area contributed by atoms with Crippen molar-refractivity contribution in [3.05, 3.63) is 142 Å². The number of phenols is 2. The predicted molar refractivity (Wildman–Crippen MR) is 289 cm³/mol. The van der Waals surface area contributed by atoms with Crippen molar-refractivity contribution in [2.75, 3.05) is 0 Å². The summed E-state index contributed by atoms with van der Waals surface area (Å²) in [6, 6.07) is 28.9. The van der Waals surface area contributed by atoms with Crippen LogP contribution in [0.25, 0.3) is 43.6 Å². The van der Waals surface area contributed by atoms with Crippen LogP contribution in [0.2, 0.25) is 20.1 Å². The van der Waals surface area contributed by atoms with E-state index in [4.69, 9.17) is 65.0 Å². The minimum atomic E-state index is -0.426. The molecule has 68 heavy (non-hydrogen) atoms. The van der Waals surface area contributed by atoms with Crippen molar-refractivity contribution >= 4 is 115 Å². The molecule has 2 saturated heterocycles. The third kappa shape index (κ3) is 12.5. The highest BCUT2D eigenvalue weighted by atomic mass is 35.5. The Balaban J connectivity index is 0.000000242. The number of halogens is 4. The number of hydrogen-bond donors (Lipinski definition) is 2. The van der Waals surface area contributed by atoms with Gasteiger partial charge in [0.2, 0.25) is 0 Å². The molecule has 360 valence electrons. The van der Waals surface area contributed by atoms with Crippen molar-refractivity contribution in [3.63, 3.8) is 0 Å². The van der Waals surface area contributed by atoms with Gasteiger partial charge in [-0.1, -0.05) is 82.2 Å². The first kappa shape index (κ1) is 57.6. The van der Waals surface area contributed by atoms with E-state index in [1.54, 1.807) is 49.1 Å². The molecule has 8 aromatic rings. The van der Waals surface area contributed by atoms with Gasteiger partial charge in [0, 0.05) is 67.5 Å². The molecule has 0 atom stereocenters. The summed E-state index contributed by atoms with van der Waals surface area (Å²) in [5.41, 5.74) is 3.51. The Morgan fingerprint density at radius 3 is 1.28 bits per heavy atom. The first-order chi connectivity index (χ1) is 30.1. The molecule has 0 saturated carbocycles. The monoisotopic (exact) mass is 1000 g/mol. The Kier molecular flexibility index (Phi) is 19.3. The van der Waals surface area contributed by atoms with E-state index < -0.39 is 14.2 Å². The number of fused-ring (bicyclic) bond motifs is 4. The molecule has 0 aliphatic carbocycles. The van der Waals surface area contributed by atoms with Crippen molar-refractivity contribution in [1.29, 1.82) is 0 Å². The molecule has 2 N–H and O–H groups in total. The van der Waals surface area contributed by atoms with E-state index in [1.165, 1.54) is 12.1 Å². The van der Waals surface area contributed by atoms with Crippen LogP contribution >= 0.6 is 46.4 Å². The summed E-state index contributed by atoms with van der Waals surface area (Å²) in [5.74, 6) is 0.316. The summed E-state index contributed by atoms with van der Waals surface area (Å²) >= 11 is 24.1. The van der Waals surface area contributed by atoms with Crippen molar-refractivity contribution < 1.29 is 28.8 Å². The van der Waals surface area contributed by atoms with E-state index in [0.29, 0.717) is 31.1 Å². The van der Waals surface area contributed by atoms with Gasteiger partial charge in [0.1, 0.15) is 11.5 Å². The van der Waals surface area contributed by atoms with Gasteiger partial charge in [0.25, 0.3) is 0 Å². The molecule has 16 heteroatoms. The summed E-state index contributed by atoms with van der Waals surface area (Å²) in [5, 5.41) is 24.5. The molecule has 4 aromatic carbocycles. The van der Waals surface area contributed by atoms with Crippen LogP contribution in [0.5, 0.6) is 11.5 Å². The van der Waals surface area contributed by atoms with Gasteiger partial charge in [-0.15, -0.1) is 0 Å². The lowest BCUT2D eigenvalue weighted by Crippen LogP contribution is -2.41. The molecule has 10 nitrogen and oxygen atoms in total. The smallest absolute Gasteiger partial charge is 0.495 e. The molecule has 0 amide bonds. The fourth-order valence-corrected chi connectivity index (χ4v) is 7.85. The predicted octanol–water partition coefficient (Wildman–Crippen LogP) is 14.1. The standard InChI is InChI=1S/2C15H17BClNO2.2C9H6ClNO.4CH4/c1-14(2)15(3,4)20-16(19-14)12-8-10(17)9-13-11(12)6-5-7-18-13;1-14(2)15(3,4)20-16(19-14)10-8-12(17)11-6-5-7-18-13(11)9-10;10-8-4-6(12)5-9-7(8)2-1-3-11-9;10-6-4-8-7(9(12)5-6)2-1-3-11-8;;;;/h2*5-9H,1-4H3;2*1-5,12H;4*1H4. The zero-order valence-electron chi connectivity index (χ0n) is 36.5. The van der Waals surface area contributed by atoms with Crippen LogP contribution in [0.4, 0.5) is 0 Å². The zero-order chi connectivity index (χ0) is 46.2. The highest BCUT2D eigenvalue weighted by Gasteiger charge is 2.53. The van der Waals surface area contributed by atoms with Crippen LogP contribution in [0, 0.1) is 0 Å². The average molecular weight is 1000 g/mol. The third-order valence-corrected chi connectivity index (χ3v) is 12.8. The molecule has 0 spiro atoms. The molecular formula is C52H62B2Cl4N4O6. The minimum Gasteiger partial charge on any atom is -0.508 e. The first-order valence-electron chi connectivity index (χ1n) is 20.4. The Bertz CT molecular complexity index is 2880. The second-order valence-corrected chi connectivity index (χ2v) is 19.0. The first-order valence-corrected chi connectivity index (χ1v) is 21.9. The molecular weight excluding hydrogens is 940 g/mol. The van der Waals surface area contributed by atoms with E-state index in [9.17, 15) is 10.2 Å². The van der Waals surface area contributed by atoms with Gasteiger partial charge < -0.3 is 28.8 Å². The van der Waals surface area contributed by atoms with Gasteiger partial charge in [-0.2, -0.15) is 0 Å². The summed E-state index contributed by atoms with van der Waals surface area (Å²) in [6.45, 7) is 16.3. The third-order valence-electron chi connectivity index (χ3n) is 11.8. The zero-order valence-corrected chi connectivity index (χ0v) is 39.6. The maximum absolute atomic E-state index is 9.43. The average Bonchev–Trinajstić information content (AvgIpc) is 3.60. The molecule has 6 heterocycles. The molecule has 4 aromatic heterocycles. The fourth-order valence-electron chi connectivity index (χ4n) is 6.87. The highest BCUT2D eigenvalue weighted by Crippen LogP contribution is 2.38. The van der Waals surface area contributed by atoms with Gasteiger partial charge in [-0.3, -0.25) is 19.9 Å². The molecule has 2 aliphatic rings. The summed E-state index contributed by atoms with van der Waals surface area (Å²) in [4.78, 5) is 16.8. The fraction of sp³-hybridized carbons (Fsp3) is 0.308. The molecule has 10 rings (SSSR count). The normalized spacial score (nSPS) is 15.8. The van der Waals surface area contributed by atoms with E-state index in [1.807, 2.05) is 116 Å².